The second-order valence-electron chi connectivity index (χ2n) is 4.44. The van der Waals surface area contributed by atoms with Crippen molar-refractivity contribution in [3.05, 3.63) is 32.4 Å². The van der Waals surface area contributed by atoms with E-state index in [0.29, 0.717) is 10.9 Å². The summed E-state index contributed by atoms with van der Waals surface area (Å²) in [5, 5.41) is 0.625. The first-order valence-corrected chi connectivity index (χ1v) is 7.31. The SMILES string of the molecule is CCC1CCN(C(=O)c2cc(Cl)ccc2I)C1. The Labute approximate surface area is 120 Å². The molecular formula is C13H15ClINO. The molecule has 1 aliphatic heterocycles. The van der Waals surface area contributed by atoms with Crippen molar-refractivity contribution in [2.75, 3.05) is 13.1 Å². The minimum absolute atomic E-state index is 0.118. The summed E-state index contributed by atoms with van der Waals surface area (Å²) in [6.07, 6.45) is 2.27. The zero-order chi connectivity index (χ0) is 12.4. The standard InChI is InChI=1S/C13H15ClINO/c1-2-9-5-6-16(8-9)13(17)11-7-10(14)3-4-12(11)15/h3-4,7,9H,2,5-6,8H2,1H3. The van der Waals surface area contributed by atoms with E-state index in [1.807, 2.05) is 17.0 Å². The third-order valence-electron chi connectivity index (χ3n) is 3.31. The molecule has 0 bridgehead atoms. The molecule has 1 aromatic carbocycles. The minimum atomic E-state index is 0.118. The van der Waals surface area contributed by atoms with Crippen LogP contribution in [-0.2, 0) is 0 Å². The predicted molar refractivity (Wildman–Crippen MR) is 78.5 cm³/mol. The number of amides is 1. The van der Waals surface area contributed by atoms with Crippen LogP contribution in [0.1, 0.15) is 30.1 Å². The lowest BCUT2D eigenvalue weighted by atomic mass is 10.1. The average Bonchev–Trinajstić information content (AvgIpc) is 2.80. The third-order valence-corrected chi connectivity index (χ3v) is 4.49. The van der Waals surface area contributed by atoms with Crippen molar-refractivity contribution in [1.82, 2.24) is 4.90 Å². The number of rotatable bonds is 2. The molecular weight excluding hydrogens is 349 g/mol. The van der Waals surface area contributed by atoms with Crippen LogP contribution in [0.5, 0.6) is 0 Å². The summed E-state index contributed by atoms with van der Waals surface area (Å²) < 4.78 is 0.969. The van der Waals surface area contributed by atoms with Crippen molar-refractivity contribution in [1.29, 1.82) is 0 Å². The van der Waals surface area contributed by atoms with Crippen LogP contribution in [-0.4, -0.2) is 23.9 Å². The largest absolute Gasteiger partial charge is 0.338 e. The summed E-state index contributed by atoms with van der Waals surface area (Å²) in [6.45, 7) is 3.94. The molecule has 2 nitrogen and oxygen atoms in total. The van der Waals surface area contributed by atoms with Crippen LogP contribution in [0.3, 0.4) is 0 Å². The maximum Gasteiger partial charge on any atom is 0.254 e. The Morgan fingerprint density at radius 1 is 1.59 bits per heavy atom. The first-order valence-electron chi connectivity index (χ1n) is 5.86. The maximum atomic E-state index is 12.3. The fourth-order valence-electron chi connectivity index (χ4n) is 2.18. The lowest BCUT2D eigenvalue weighted by Gasteiger charge is -2.17. The van der Waals surface area contributed by atoms with Gasteiger partial charge in [0.15, 0.2) is 0 Å². The first-order chi connectivity index (χ1) is 8.11. The van der Waals surface area contributed by atoms with Crippen molar-refractivity contribution in [2.24, 2.45) is 5.92 Å². The van der Waals surface area contributed by atoms with Gasteiger partial charge in [-0.2, -0.15) is 0 Å². The van der Waals surface area contributed by atoms with Gasteiger partial charge in [-0.1, -0.05) is 24.9 Å². The van der Waals surface area contributed by atoms with Gasteiger partial charge in [0.25, 0.3) is 5.91 Å². The number of benzene rings is 1. The van der Waals surface area contributed by atoms with E-state index < -0.39 is 0 Å². The zero-order valence-electron chi connectivity index (χ0n) is 9.75. The summed E-state index contributed by atoms with van der Waals surface area (Å²) in [7, 11) is 0. The van der Waals surface area contributed by atoms with E-state index in [2.05, 4.69) is 29.5 Å². The Morgan fingerprint density at radius 3 is 3.00 bits per heavy atom. The molecule has 1 atom stereocenters. The van der Waals surface area contributed by atoms with Gasteiger partial charge in [0.1, 0.15) is 0 Å². The fraction of sp³-hybridized carbons (Fsp3) is 0.462. The molecule has 0 spiro atoms. The highest BCUT2D eigenvalue weighted by molar-refractivity contribution is 14.1. The summed E-state index contributed by atoms with van der Waals surface area (Å²) in [4.78, 5) is 14.3. The molecule has 1 heterocycles. The summed E-state index contributed by atoms with van der Waals surface area (Å²) in [6, 6.07) is 5.48. The molecule has 0 radical (unpaired) electrons. The van der Waals surface area contributed by atoms with Gasteiger partial charge < -0.3 is 4.90 Å². The van der Waals surface area contributed by atoms with E-state index in [0.717, 1.165) is 35.1 Å². The van der Waals surface area contributed by atoms with Crippen molar-refractivity contribution < 1.29 is 4.79 Å². The maximum absolute atomic E-state index is 12.3. The highest BCUT2D eigenvalue weighted by Crippen LogP contribution is 2.24. The summed E-state index contributed by atoms with van der Waals surface area (Å²) in [5.41, 5.74) is 0.731. The van der Waals surface area contributed by atoms with Crippen molar-refractivity contribution in [3.8, 4) is 0 Å². The van der Waals surface area contributed by atoms with Crippen LogP contribution in [0.15, 0.2) is 18.2 Å². The molecule has 92 valence electrons. The molecule has 0 saturated carbocycles. The molecule has 1 unspecified atom stereocenters. The van der Waals surface area contributed by atoms with Crippen LogP contribution in [0.2, 0.25) is 5.02 Å². The molecule has 1 aromatic rings. The monoisotopic (exact) mass is 363 g/mol. The number of carbonyl (C=O) groups excluding carboxylic acids is 1. The summed E-state index contributed by atoms with van der Waals surface area (Å²) >= 11 is 8.14. The highest BCUT2D eigenvalue weighted by atomic mass is 127. The predicted octanol–water partition coefficient (Wildman–Crippen LogP) is 3.82. The Balaban J connectivity index is 2.17. The van der Waals surface area contributed by atoms with Crippen LogP contribution >= 0.6 is 34.2 Å². The Hall–Kier alpha value is -0.290. The van der Waals surface area contributed by atoms with Crippen molar-refractivity contribution in [2.45, 2.75) is 19.8 Å². The lowest BCUT2D eigenvalue weighted by Crippen LogP contribution is -2.29. The molecule has 4 heteroatoms. The van der Waals surface area contributed by atoms with Gasteiger partial charge >= 0.3 is 0 Å². The highest BCUT2D eigenvalue weighted by Gasteiger charge is 2.26. The van der Waals surface area contributed by atoms with Gasteiger partial charge in [-0.3, -0.25) is 4.79 Å². The second kappa shape index (κ2) is 5.57. The fourth-order valence-corrected chi connectivity index (χ4v) is 2.92. The van der Waals surface area contributed by atoms with Crippen LogP contribution < -0.4 is 0 Å². The van der Waals surface area contributed by atoms with E-state index in [9.17, 15) is 4.79 Å². The average molecular weight is 364 g/mol. The number of carbonyl (C=O) groups is 1. The van der Waals surface area contributed by atoms with Gasteiger partial charge in [-0.25, -0.2) is 0 Å². The molecule has 2 rings (SSSR count). The topological polar surface area (TPSA) is 20.3 Å². The van der Waals surface area contributed by atoms with Gasteiger partial charge in [0, 0.05) is 21.7 Å². The van der Waals surface area contributed by atoms with Gasteiger partial charge in [0.2, 0.25) is 0 Å². The van der Waals surface area contributed by atoms with Crippen LogP contribution in [0, 0.1) is 9.49 Å². The van der Waals surface area contributed by atoms with E-state index in [4.69, 9.17) is 11.6 Å². The summed E-state index contributed by atoms with van der Waals surface area (Å²) in [5.74, 6) is 0.781. The number of likely N-dealkylation sites (tertiary alicyclic amines) is 1. The number of hydrogen-bond donors (Lipinski definition) is 0. The Bertz CT molecular complexity index is 435. The smallest absolute Gasteiger partial charge is 0.254 e. The molecule has 1 saturated heterocycles. The number of halogens is 2. The second-order valence-corrected chi connectivity index (χ2v) is 6.04. The number of hydrogen-bond acceptors (Lipinski definition) is 1. The molecule has 0 aromatic heterocycles. The molecule has 1 aliphatic rings. The van der Waals surface area contributed by atoms with E-state index in [1.54, 1.807) is 6.07 Å². The number of nitrogens with zero attached hydrogens (tertiary/aromatic N) is 1. The van der Waals surface area contributed by atoms with Gasteiger partial charge in [0.05, 0.1) is 5.56 Å². The van der Waals surface area contributed by atoms with E-state index in [-0.39, 0.29) is 5.91 Å². The minimum Gasteiger partial charge on any atom is -0.338 e. The molecule has 17 heavy (non-hydrogen) atoms. The van der Waals surface area contributed by atoms with Crippen molar-refractivity contribution in [3.63, 3.8) is 0 Å². The lowest BCUT2D eigenvalue weighted by molar-refractivity contribution is 0.0786. The normalized spacial score (nSPS) is 19.7. The Kier molecular flexibility index (Phi) is 4.31. The van der Waals surface area contributed by atoms with Gasteiger partial charge in [-0.15, -0.1) is 0 Å². The third kappa shape index (κ3) is 2.94. The molecule has 0 aliphatic carbocycles. The van der Waals surface area contributed by atoms with Crippen LogP contribution in [0.25, 0.3) is 0 Å². The van der Waals surface area contributed by atoms with Gasteiger partial charge in [-0.05, 0) is 53.1 Å². The van der Waals surface area contributed by atoms with Crippen LogP contribution in [0.4, 0.5) is 0 Å². The Morgan fingerprint density at radius 2 is 2.35 bits per heavy atom. The van der Waals surface area contributed by atoms with Crippen molar-refractivity contribution >= 4 is 40.1 Å². The van der Waals surface area contributed by atoms with E-state index in [1.165, 1.54) is 0 Å². The zero-order valence-corrected chi connectivity index (χ0v) is 12.7. The first kappa shape index (κ1) is 13.1. The molecule has 1 fully saturated rings. The van der Waals surface area contributed by atoms with E-state index >= 15 is 0 Å². The molecule has 1 amide bonds. The quantitative estimate of drug-likeness (QED) is 0.732. The molecule has 0 N–H and O–H groups in total.